The third-order valence-corrected chi connectivity index (χ3v) is 18.8. The standard InChI is InChI=1S/C74H136O8P2/c1-17-21-23-25-27-29-31-33-35-37-39-41-43-45-47-49-51-73(82-84(77)78,52-50-48-46-44-42-40-38-36-34-32-30-28-26-24-22-18-2)74(80-55-53-79-54-56-81-83(75)76,67-63(69(5,6)7)57-61(19-3)58-64(67)70(8,9)10)68-65(71(11,12)13)59-62(20-4)60-66(68)72(14,15)16/h57-60,75-78H,17-56H2,1-16H3. The van der Waals surface area contributed by atoms with Gasteiger partial charge >= 0.3 is 17.2 Å². The highest BCUT2D eigenvalue weighted by molar-refractivity contribution is 7.39. The van der Waals surface area contributed by atoms with E-state index in [0.717, 1.165) is 62.5 Å². The van der Waals surface area contributed by atoms with Gasteiger partial charge in [0.15, 0.2) is 0 Å². The van der Waals surface area contributed by atoms with Crippen molar-refractivity contribution in [2.24, 2.45) is 0 Å². The summed E-state index contributed by atoms with van der Waals surface area (Å²) in [5.41, 5.74) is 5.28. The monoisotopic (exact) mass is 1210 g/mol. The van der Waals surface area contributed by atoms with Crippen molar-refractivity contribution >= 4 is 17.2 Å². The van der Waals surface area contributed by atoms with E-state index in [4.69, 9.17) is 18.5 Å². The molecule has 10 heteroatoms. The first-order valence-electron chi connectivity index (χ1n) is 35.0. The summed E-state index contributed by atoms with van der Waals surface area (Å²) in [6, 6.07) is 9.73. The van der Waals surface area contributed by atoms with Gasteiger partial charge in [0.2, 0.25) is 0 Å². The van der Waals surface area contributed by atoms with E-state index in [0.29, 0.717) is 12.8 Å². The Bertz CT molecular complexity index is 1800. The van der Waals surface area contributed by atoms with E-state index in [-0.39, 0.29) is 48.1 Å². The maximum absolute atomic E-state index is 12.0. The highest BCUT2D eigenvalue weighted by atomic mass is 31.2. The number of aryl methyl sites for hydroxylation is 2. The molecule has 0 aliphatic heterocycles. The van der Waals surface area contributed by atoms with Crippen molar-refractivity contribution in [3.05, 3.63) is 68.8 Å². The van der Waals surface area contributed by atoms with Crippen LogP contribution in [0.1, 0.15) is 374 Å². The predicted octanol–water partition coefficient (Wildman–Crippen LogP) is 22.8. The first-order chi connectivity index (χ1) is 39.8. The highest BCUT2D eigenvalue weighted by Gasteiger charge is 2.61. The Morgan fingerprint density at radius 1 is 0.333 bits per heavy atom. The van der Waals surface area contributed by atoms with Crippen molar-refractivity contribution < 1.29 is 38.1 Å². The lowest BCUT2D eigenvalue weighted by molar-refractivity contribution is -0.174. The minimum atomic E-state index is -2.90. The summed E-state index contributed by atoms with van der Waals surface area (Å²) in [4.78, 5) is 43.2. The molecule has 4 N–H and O–H groups in total. The van der Waals surface area contributed by atoms with Crippen LogP contribution >= 0.6 is 17.2 Å². The van der Waals surface area contributed by atoms with Crippen molar-refractivity contribution in [2.45, 2.75) is 375 Å². The van der Waals surface area contributed by atoms with Crippen molar-refractivity contribution in [1.29, 1.82) is 0 Å². The maximum Gasteiger partial charge on any atom is 0.327 e. The van der Waals surface area contributed by atoms with Crippen LogP contribution in [0, 0.1) is 0 Å². The predicted molar refractivity (Wildman–Crippen MR) is 365 cm³/mol. The van der Waals surface area contributed by atoms with Crippen LogP contribution in [-0.4, -0.2) is 51.6 Å². The first kappa shape index (κ1) is 79.1. The number of benzene rings is 2. The largest absolute Gasteiger partial charge is 0.377 e. The molecule has 0 bridgehead atoms. The van der Waals surface area contributed by atoms with Gasteiger partial charge in [-0.05, 0) is 91.9 Å². The van der Waals surface area contributed by atoms with Gasteiger partial charge in [0.05, 0.1) is 26.4 Å². The fraction of sp³-hybridized carbons (Fsp3) is 0.838. The Morgan fingerprint density at radius 3 is 0.833 bits per heavy atom. The Balaban J connectivity index is 2.99. The van der Waals surface area contributed by atoms with Crippen LogP contribution in [0.4, 0.5) is 0 Å². The second-order valence-corrected chi connectivity index (χ2v) is 31.0. The zero-order valence-corrected chi connectivity index (χ0v) is 59.7. The first-order valence-corrected chi connectivity index (χ1v) is 37.4. The number of rotatable bonds is 49. The van der Waals surface area contributed by atoms with Crippen LogP contribution in [0.3, 0.4) is 0 Å². The van der Waals surface area contributed by atoms with Crippen LogP contribution in [0.25, 0.3) is 0 Å². The number of hydrogen-bond donors (Lipinski definition) is 4. The van der Waals surface area contributed by atoms with E-state index >= 15 is 0 Å². The molecule has 84 heavy (non-hydrogen) atoms. The van der Waals surface area contributed by atoms with E-state index in [1.54, 1.807) is 0 Å². The average Bonchev–Trinajstić information content (AvgIpc) is 0.714. The van der Waals surface area contributed by atoms with Crippen LogP contribution in [0.2, 0.25) is 0 Å². The molecule has 0 fully saturated rings. The minimum absolute atomic E-state index is 0.0381. The Labute approximate surface area is 522 Å². The molecule has 0 spiro atoms. The van der Waals surface area contributed by atoms with Crippen LogP contribution in [-0.2, 0) is 58.6 Å². The molecule has 0 atom stereocenters. The van der Waals surface area contributed by atoms with Gasteiger partial charge in [-0.2, -0.15) is 0 Å². The van der Waals surface area contributed by atoms with E-state index in [1.807, 2.05) is 0 Å². The molecule has 8 nitrogen and oxygen atoms in total. The van der Waals surface area contributed by atoms with Gasteiger partial charge in [0.25, 0.3) is 0 Å². The third kappa shape index (κ3) is 28.9. The van der Waals surface area contributed by atoms with Crippen molar-refractivity contribution in [3.8, 4) is 0 Å². The quantitative estimate of drug-likeness (QED) is 0.0382. The maximum atomic E-state index is 12.0. The average molecular weight is 1220 g/mol. The molecular weight excluding hydrogens is 1080 g/mol. The van der Waals surface area contributed by atoms with Gasteiger partial charge in [-0.15, -0.1) is 0 Å². The summed E-state index contributed by atoms with van der Waals surface area (Å²) >= 11 is 0. The fourth-order valence-electron chi connectivity index (χ4n) is 13.0. The molecule has 0 heterocycles. The summed E-state index contributed by atoms with van der Waals surface area (Å²) < 4.78 is 27.1. The zero-order valence-electron chi connectivity index (χ0n) is 57.9. The molecule has 2 aromatic carbocycles. The lowest BCUT2D eigenvalue weighted by Crippen LogP contribution is -2.59. The molecule has 0 unspecified atom stereocenters. The van der Waals surface area contributed by atoms with E-state index < -0.39 is 28.4 Å². The van der Waals surface area contributed by atoms with Gasteiger partial charge in [0, 0.05) is 0 Å². The molecule has 0 aromatic heterocycles. The molecule has 490 valence electrons. The summed E-state index contributed by atoms with van der Waals surface area (Å²) in [6.07, 6.45) is 43.5. The summed E-state index contributed by atoms with van der Waals surface area (Å²) in [7, 11) is -5.40. The van der Waals surface area contributed by atoms with Crippen molar-refractivity contribution in [2.75, 3.05) is 26.4 Å². The Kier molecular flexibility index (Phi) is 39.6. The van der Waals surface area contributed by atoms with Gasteiger partial charge in [0.1, 0.15) is 11.2 Å². The fourth-order valence-corrected chi connectivity index (χ4v) is 13.9. The second kappa shape index (κ2) is 42.1. The Hall–Kier alpha value is -1.02. The summed E-state index contributed by atoms with van der Waals surface area (Å²) in [5, 5.41) is 0. The number of ether oxygens (including phenoxy) is 2. The van der Waals surface area contributed by atoms with Crippen molar-refractivity contribution in [1.82, 2.24) is 0 Å². The lowest BCUT2D eigenvalue weighted by atomic mass is 9.57. The number of hydrogen-bond acceptors (Lipinski definition) is 8. The lowest BCUT2D eigenvalue weighted by Gasteiger charge is -2.56. The normalized spacial score (nSPS) is 13.2. The molecule has 2 rings (SSSR count). The molecule has 0 amide bonds. The summed E-state index contributed by atoms with van der Waals surface area (Å²) in [6.45, 7) is 37.6. The summed E-state index contributed by atoms with van der Waals surface area (Å²) in [5.74, 6) is 0. The van der Waals surface area contributed by atoms with E-state index in [2.05, 4.69) is 135 Å². The van der Waals surface area contributed by atoms with E-state index in [1.165, 1.54) is 200 Å². The smallest absolute Gasteiger partial charge is 0.327 e. The van der Waals surface area contributed by atoms with Crippen LogP contribution < -0.4 is 0 Å². The van der Waals surface area contributed by atoms with Gasteiger partial charge in [-0.3, -0.25) is 0 Å². The molecule has 0 aliphatic rings. The topological polar surface area (TPSA) is 118 Å². The molecule has 0 saturated carbocycles. The molecule has 2 aromatic rings. The van der Waals surface area contributed by atoms with Gasteiger partial charge in [-0.25, -0.2) is 0 Å². The Morgan fingerprint density at radius 2 is 0.595 bits per heavy atom. The van der Waals surface area contributed by atoms with Crippen LogP contribution in [0.5, 0.6) is 0 Å². The van der Waals surface area contributed by atoms with E-state index in [9.17, 15) is 19.6 Å². The molecule has 0 radical (unpaired) electrons. The molecule has 0 saturated heterocycles. The number of unbranched alkanes of at least 4 members (excludes halogenated alkanes) is 30. The second-order valence-electron chi connectivity index (χ2n) is 29.5. The highest BCUT2D eigenvalue weighted by Crippen LogP contribution is 2.61. The van der Waals surface area contributed by atoms with Gasteiger partial charge < -0.3 is 38.1 Å². The van der Waals surface area contributed by atoms with Crippen molar-refractivity contribution in [3.63, 3.8) is 0 Å². The SMILES string of the molecule is CCCCCCCCCCCCCCCCCCC(CCCCCCCCCCCCCCCCCC)(OP(O)O)C(OCCOCCOP(O)O)(c1c(C(C)(C)C)cc(CC)cc1C(C)(C)C)c1c(C(C)(C)C)cc(CC)cc1C(C)(C)C. The van der Waals surface area contributed by atoms with Crippen LogP contribution in [0.15, 0.2) is 24.3 Å². The molecular formula is C74H136O8P2. The minimum Gasteiger partial charge on any atom is -0.377 e. The molecule has 0 aliphatic carbocycles. The zero-order chi connectivity index (χ0) is 62.7. The van der Waals surface area contributed by atoms with Gasteiger partial charge in [-0.1, -0.05) is 341 Å². The third-order valence-electron chi connectivity index (χ3n) is 17.9.